The Hall–Kier alpha value is -1.15. The van der Waals surface area contributed by atoms with Crippen molar-refractivity contribution in [2.45, 2.75) is 11.4 Å². The molecule has 0 unspecified atom stereocenters. The van der Waals surface area contributed by atoms with Crippen molar-refractivity contribution in [3.8, 4) is 0 Å². The summed E-state index contributed by atoms with van der Waals surface area (Å²) in [5, 5.41) is 1.69. The molecular weight excluding hydrogens is 311 g/mol. The van der Waals surface area contributed by atoms with Crippen LogP contribution in [-0.2, 0) is 16.6 Å². The highest BCUT2D eigenvalue weighted by molar-refractivity contribution is 7.92. The van der Waals surface area contributed by atoms with Crippen LogP contribution >= 0.6 is 22.9 Å². The number of halogens is 2. The van der Waals surface area contributed by atoms with Gasteiger partial charge in [0, 0.05) is 21.8 Å². The molecule has 8 heteroatoms. The lowest BCUT2D eigenvalue weighted by molar-refractivity contribution is 0.599. The van der Waals surface area contributed by atoms with Gasteiger partial charge in [-0.05, 0) is 24.3 Å². The van der Waals surface area contributed by atoms with Crippen LogP contribution in [0.15, 0.2) is 34.5 Å². The molecule has 19 heavy (non-hydrogen) atoms. The van der Waals surface area contributed by atoms with Gasteiger partial charge in [-0.3, -0.25) is 4.72 Å². The summed E-state index contributed by atoms with van der Waals surface area (Å²) in [6.07, 6.45) is 0. The van der Waals surface area contributed by atoms with Crippen LogP contribution in [-0.4, -0.2) is 8.42 Å². The molecule has 0 saturated heterocycles. The third-order valence-corrected chi connectivity index (χ3v) is 5.00. The zero-order valence-corrected chi connectivity index (χ0v) is 11.9. The molecule has 0 aliphatic heterocycles. The zero-order chi connectivity index (χ0) is 14.0. The van der Waals surface area contributed by atoms with Crippen LogP contribution in [0, 0.1) is 5.82 Å². The van der Waals surface area contributed by atoms with Gasteiger partial charge in [-0.1, -0.05) is 11.6 Å². The number of rotatable bonds is 4. The average molecular weight is 321 g/mol. The predicted molar refractivity (Wildman–Crippen MR) is 74.4 cm³/mol. The second-order valence-corrected chi connectivity index (χ2v) is 6.80. The summed E-state index contributed by atoms with van der Waals surface area (Å²) in [6, 6.07) is 5.10. The van der Waals surface area contributed by atoms with E-state index in [0.717, 1.165) is 10.9 Å². The molecule has 102 valence electrons. The molecular formula is C11H10ClFN2O2S2. The van der Waals surface area contributed by atoms with E-state index in [1.165, 1.54) is 34.9 Å². The number of hydrogen-bond acceptors (Lipinski definition) is 4. The highest BCUT2D eigenvalue weighted by atomic mass is 35.5. The van der Waals surface area contributed by atoms with Crippen molar-refractivity contribution in [2.75, 3.05) is 4.72 Å². The Balaban J connectivity index is 2.33. The number of nitrogens with two attached hydrogens (primary N) is 1. The first-order valence-corrected chi connectivity index (χ1v) is 7.92. The fraction of sp³-hybridized carbons (Fsp3) is 0.0909. The lowest BCUT2D eigenvalue weighted by Gasteiger charge is -2.07. The summed E-state index contributed by atoms with van der Waals surface area (Å²) in [7, 11) is -3.84. The van der Waals surface area contributed by atoms with Crippen LogP contribution in [0.2, 0.25) is 5.02 Å². The molecule has 0 bridgehead atoms. The van der Waals surface area contributed by atoms with Gasteiger partial charge in [0.2, 0.25) is 0 Å². The van der Waals surface area contributed by atoms with Crippen molar-refractivity contribution in [1.82, 2.24) is 0 Å². The predicted octanol–water partition coefficient (Wildman–Crippen LogP) is 2.80. The van der Waals surface area contributed by atoms with Gasteiger partial charge < -0.3 is 5.73 Å². The van der Waals surface area contributed by atoms with Gasteiger partial charge in [0.25, 0.3) is 10.0 Å². The van der Waals surface area contributed by atoms with E-state index < -0.39 is 15.8 Å². The van der Waals surface area contributed by atoms with Gasteiger partial charge in [0.05, 0.1) is 10.6 Å². The van der Waals surface area contributed by atoms with E-state index in [2.05, 4.69) is 4.72 Å². The molecule has 0 aliphatic carbocycles. The van der Waals surface area contributed by atoms with Crippen molar-refractivity contribution in [2.24, 2.45) is 5.73 Å². The minimum atomic E-state index is -3.84. The Morgan fingerprint density at radius 1 is 1.37 bits per heavy atom. The van der Waals surface area contributed by atoms with Gasteiger partial charge in [0.1, 0.15) is 5.82 Å². The van der Waals surface area contributed by atoms with Crippen LogP contribution in [0.1, 0.15) is 4.88 Å². The average Bonchev–Trinajstić information content (AvgIpc) is 2.83. The van der Waals surface area contributed by atoms with Crippen molar-refractivity contribution in [3.63, 3.8) is 0 Å². The first-order valence-electron chi connectivity index (χ1n) is 5.18. The van der Waals surface area contributed by atoms with Gasteiger partial charge >= 0.3 is 0 Å². The Labute approximate surface area is 119 Å². The molecule has 0 spiro atoms. The molecule has 4 nitrogen and oxygen atoms in total. The zero-order valence-electron chi connectivity index (χ0n) is 9.56. The third-order valence-electron chi connectivity index (χ3n) is 2.31. The van der Waals surface area contributed by atoms with Crippen LogP contribution in [0.3, 0.4) is 0 Å². The maximum atomic E-state index is 13.5. The SMILES string of the molecule is NCc1cc(S(=O)(=O)Nc2cc(Cl)ccc2F)cs1. The number of thiophene rings is 1. The van der Waals surface area contributed by atoms with Crippen LogP contribution < -0.4 is 10.5 Å². The third kappa shape index (κ3) is 3.24. The van der Waals surface area contributed by atoms with Crippen LogP contribution in [0.5, 0.6) is 0 Å². The lowest BCUT2D eigenvalue weighted by Crippen LogP contribution is -2.13. The maximum Gasteiger partial charge on any atom is 0.262 e. The first kappa shape index (κ1) is 14.3. The molecule has 0 aliphatic rings. The van der Waals surface area contributed by atoms with Gasteiger partial charge in [0.15, 0.2) is 0 Å². The lowest BCUT2D eigenvalue weighted by atomic mass is 10.3. The number of hydrogen-bond donors (Lipinski definition) is 2. The molecule has 0 fully saturated rings. The van der Waals surface area contributed by atoms with E-state index in [0.29, 0.717) is 0 Å². The van der Waals surface area contributed by atoms with Crippen molar-refractivity contribution < 1.29 is 12.8 Å². The molecule has 3 N–H and O–H groups in total. The molecule has 0 radical (unpaired) electrons. The van der Waals surface area contributed by atoms with E-state index in [9.17, 15) is 12.8 Å². The highest BCUT2D eigenvalue weighted by Gasteiger charge is 2.18. The van der Waals surface area contributed by atoms with Crippen molar-refractivity contribution in [1.29, 1.82) is 0 Å². The Bertz CT molecular complexity index is 700. The molecule has 2 aromatic rings. The minimum Gasteiger partial charge on any atom is -0.326 e. The Morgan fingerprint density at radius 2 is 2.11 bits per heavy atom. The molecule has 0 amide bonds. The van der Waals surface area contributed by atoms with Gasteiger partial charge in [-0.2, -0.15) is 0 Å². The normalized spacial score (nSPS) is 11.5. The fourth-order valence-electron chi connectivity index (χ4n) is 1.39. The molecule has 0 saturated carbocycles. The van der Waals surface area contributed by atoms with Gasteiger partial charge in [-0.25, -0.2) is 12.8 Å². The summed E-state index contributed by atoms with van der Waals surface area (Å²) in [6.45, 7) is 0.256. The minimum absolute atomic E-state index is 0.0531. The van der Waals surface area contributed by atoms with Crippen molar-refractivity contribution in [3.05, 3.63) is 45.4 Å². The van der Waals surface area contributed by atoms with E-state index in [-0.39, 0.29) is 22.2 Å². The Kier molecular flexibility index (Phi) is 4.10. The summed E-state index contributed by atoms with van der Waals surface area (Å²) < 4.78 is 39.7. The van der Waals surface area contributed by atoms with E-state index >= 15 is 0 Å². The smallest absolute Gasteiger partial charge is 0.262 e. The number of benzene rings is 1. The number of sulfonamides is 1. The summed E-state index contributed by atoms with van der Waals surface area (Å²) in [4.78, 5) is 0.782. The summed E-state index contributed by atoms with van der Waals surface area (Å²) in [5.74, 6) is -0.692. The first-order chi connectivity index (χ1) is 8.92. The maximum absolute atomic E-state index is 13.5. The molecule has 2 rings (SSSR count). The second-order valence-electron chi connectivity index (χ2n) is 3.68. The fourth-order valence-corrected chi connectivity index (χ4v) is 3.77. The van der Waals surface area contributed by atoms with Crippen LogP contribution in [0.4, 0.5) is 10.1 Å². The second kappa shape index (κ2) is 5.46. The van der Waals surface area contributed by atoms with E-state index in [4.69, 9.17) is 17.3 Å². The molecule has 0 atom stereocenters. The van der Waals surface area contributed by atoms with E-state index in [1.807, 2.05) is 0 Å². The molecule has 1 heterocycles. The molecule has 1 aromatic heterocycles. The quantitative estimate of drug-likeness (QED) is 0.910. The molecule has 1 aromatic carbocycles. The number of anilines is 1. The Morgan fingerprint density at radius 3 is 2.74 bits per heavy atom. The summed E-state index contributed by atoms with van der Waals surface area (Å²) >= 11 is 6.93. The van der Waals surface area contributed by atoms with Crippen LogP contribution in [0.25, 0.3) is 0 Å². The largest absolute Gasteiger partial charge is 0.326 e. The highest BCUT2D eigenvalue weighted by Crippen LogP contribution is 2.25. The van der Waals surface area contributed by atoms with Crippen molar-refractivity contribution >= 4 is 38.6 Å². The monoisotopic (exact) mass is 320 g/mol. The van der Waals surface area contributed by atoms with Gasteiger partial charge in [-0.15, -0.1) is 11.3 Å². The summed E-state index contributed by atoms with van der Waals surface area (Å²) in [5.41, 5.74) is 5.23. The topological polar surface area (TPSA) is 72.2 Å². The standard InChI is InChI=1S/C11H10ClFN2O2S2/c12-7-1-2-10(13)11(3-7)15-19(16,17)9-4-8(5-14)18-6-9/h1-4,6,15H,5,14H2. The van der Waals surface area contributed by atoms with E-state index in [1.54, 1.807) is 0 Å². The number of nitrogens with one attached hydrogen (secondary N) is 1.